The molecule has 2 N–H and O–H groups in total. The lowest BCUT2D eigenvalue weighted by Gasteiger charge is -2.26. The van der Waals surface area contributed by atoms with E-state index in [1.54, 1.807) is 18.2 Å². The predicted octanol–water partition coefficient (Wildman–Crippen LogP) is 4.47. The van der Waals surface area contributed by atoms with Crippen molar-refractivity contribution in [3.63, 3.8) is 0 Å². The minimum atomic E-state index is -0.0387. The highest BCUT2D eigenvalue weighted by Crippen LogP contribution is 2.25. The van der Waals surface area contributed by atoms with Crippen LogP contribution in [0.5, 0.6) is 0 Å². The number of thiocarbonyl (C=S) groups is 1. The van der Waals surface area contributed by atoms with E-state index in [1.165, 1.54) is 0 Å². The molecule has 94 valence electrons. The van der Waals surface area contributed by atoms with Crippen LogP contribution >= 0.6 is 35.4 Å². The maximum atomic E-state index is 6.04. The average molecular weight is 291 g/mol. The zero-order chi connectivity index (χ0) is 13.1. The van der Waals surface area contributed by atoms with Crippen molar-refractivity contribution in [2.24, 2.45) is 0 Å². The summed E-state index contributed by atoms with van der Waals surface area (Å²) in [6.45, 7) is 6.28. The van der Waals surface area contributed by atoms with Gasteiger partial charge in [0.05, 0.1) is 10.7 Å². The number of halogens is 2. The van der Waals surface area contributed by atoms with Gasteiger partial charge in [0.1, 0.15) is 0 Å². The first-order valence-corrected chi connectivity index (χ1v) is 6.54. The van der Waals surface area contributed by atoms with Crippen molar-refractivity contribution in [3.05, 3.63) is 28.2 Å². The van der Waals surface area contributed by atoms with Gasteiger partial charge in [-0.3, -0.25) is 0 Å². The third-order valence-corrected chi connectivity index (χ3v) is 3.27. The van der Waals surface area contributed by atoms with Gasteiger partial charge in [0.25, 0.3) is 0 Å². The number of rotatable bonds is 3. The Morgan fingerprint density at radius 1 is 1.35 bits per heavy atom. The van der Waals surface area contributed by atoms with Gasteiger partial charge in [-0.2, -0.15) is 0 Å². The first kappa shape index (κ1) is 14.6. The lowest BCUT2D eigenvalue weighted by molar-refractivity contribution is 0.448. The maximum absolute atomic E-state index is 6.04. The molecule has 0 saturated heterocycles. The molecule has 1 rings (SSSR count). The molecule has 2 nitrogen and oxygen atoms in total. The second kappa shape index (κ2) is 5.89. The molecule has 0 aliphatic heterocycles. The molecule has 0 amide bonds. The van der Waals surface area contributed by atoms with Crippen molar-refractivity contribution < 1.29 is 0 Å². The minimum Gasteiger partial charge on any atom is -0.358 e. The summed E-state index contributed by atoms with van der Waals surface area (Å²) in [6, 6.07) is 5.25. The van der Waals surface area contributed by atoms with Crippen LogP contribution in [0.15, 0.2) is 18.2 Å². The largest absolute Gasteiger partial charge is 0.358 e. The molecule has 0 radical (unpaired) electrons. The van der Waals surface area contributed by atoms with Crippen molar-refractivity contribution in [2.75, 3.05) is 5.32 Å². The summed E-state index contributed by atoms with van der Waals surface area (Å²) in [7, 11) is 0. The molecule has 0 saturated carbocycles. The van der Waals surface area contributed by atoms with Crippen LogP contribution < -0.4 is 10.6 Å². The van der Waals surface area contributed by atoms with Crippen LogP contribution in [-0.4, -0.2) is 10.7 Å². The van der Waals surface area contributed by atoms with Gasteiger partial charge in [0.2, 0.25) is 0 Å². The summed E-state index contributed by atoms with van der Waals surface area (Å²) in [6.07, 6.45) is 0.975. The Labute approximate surface area is 118 Å². The molecule has 1 aromatic rings. The average Bonchev–Trinajstić information content (AvgIpc) is 2.21. The van der Waals surface area contributed by atoms with Crippen LogP contribution in [0, 0.1) is 0 Å². The van der Waals surface area contributed by atoms with Gasteiger partial charge < -0.3 is 10.6 Å². The van der Waals surface area contributed by atoms with Crippen molar-refractivity contribution >= 4 is 46.2 Å². The van der Waals surface area contributed by atoms with E-state index in [0.717, 1.165) is 12.1 Å². The van der Waals surface area contributed by atoms with E-state index in [-0.39, 0.29) is 5.54 Å². The topological polar surface area (TPSA) is 24.1 Å². The van der Waals surface area contributed by atoms with Crippen LogP contribution in [0.1, 0.15) is 27.2 Å². The first-order chi connectivity index (χ1) is 7.84. The quantitative estimate of drug-likeness (QED) is 0.804. The monoisotopic (exact) mass is 290 g/mol. The zero-order valence-electron chi connectivity index (χ0n) is 10.1. The summed E-state index contributed by atoms with van der Waals surface area (Å²) in [5.74, 6) is 0. The Morgan fingerprint density at radius 3 is 2.53 bits per heavy atom. The molecule has 0 aromatic heterocycles. The molecule has 0 fully saturated rings. The van der Waals surface area contributed by atoms with E-state index in [2.05, 4.69) is 31.4 Å². The molecule has 5 heteroatoms. The molecular weight excluding hydrogens is 275 g/mol. The summed E-state index contributed by atoms with van der Waals surface area (Å²) in [5, 5.41) is 8.00. The fourth-order valence-electron chi connectivity index (χ4n) is 1.14. The highest BCUT2D eigenvalue weighted by Gasteiger charge is 2.16. The van der Waals surface area contributed by atoms with Crippen molar-refractivity contribution in [1.82, 2.24) is 5.32 Å². The third-order valence-electron chi connectivity index (χ3n) is 2.52. The lowest BCUT2D eigenvalue weighted by atomic mass is 10.0. The Balaban J connectivity index is 2.69. The van der Waals surface area contributed by atoms with E-state index >= 15 is 0 Å². The van der Waals surface area contributed by atoms with E-state index in [0.29, 0.717) is 15.2 Å². The molecular formula is C12H16Cl2N2S. The van der Waals surface area contributed by atoms with E-state index in [4.69, 9.17) is 35.4 Å². The van der Waals surface area contributed by atoms with Crippen LogP contribution in [-0.2, 0) is 0 Å². The second-order valence-electron chi connectivity index (χ2n) is 4.44. The molecule has 0 bridgehead atoms. The molecule has 0 aliphatic carbocycles. The van der Waals surface area contributed by atoms with Gasteiger partial charge >= 0.3 is 0 Å². The van der Waals surface area contributed by atoms with Crippen LogP contribution in [0.4, 0.5) is 5.69 Å². The zero-order valence-corrected chi connectivity index (χ0v) is 12.4. The molecule has 0 heterocycles. The summed E-state index contributed by atoms with van der Waals surface area (Å²) >= 11 is 17.1. The molecule has 17 heavy (non-hydrogen) atoms. The van der Waals surface area contributed by atoms with Gasteiger partial charge in [-0.25, -0.2) is 0 Å². The molecule has 0 unspecified atom stereocenters. The number of benzene rings is 1. The Morgan fingerprint density at radius 2 is 2.00 bits per heavy atom. The molecule has 1 aromatic carbocycles. The standard InChI is InChI=1S/C12H16Cl2N2S/c1-4-12(2,3)16-11(17)15-10-6-5-8(13)7-9(10)14/h5-7H,4H2,1-3H3,(H2,15,16,17). The number of anilines is 1. The number of hydrogen-bond acceptors (Lipinski definition) is 1. The maximum Gasteiger partial charge on any atom is 0.171 e. The molecule has 0 spiro atoms. The first-order valence-electron chi connectivity index (χ1n) is 5.38. The normalized spacial score (nSPS) is 11.1. The van der Waals surface area contributed by atoms with Crippen LogP contribution in [0.3, 0.4) is 0 Å². The van der Waals surface area contributed by atoms with Crippen LogP contribution in [0.25, 0.3) is 0 Å². The van der Waals surface area contributed by atoms with Gasteiger partial charge in [0.15, 0.2) is 5.11 Å². The third kappa shape index (κ3) is 4.70. The highest BCUT2D eigenvalue weighted by molar-refractivity contribution is 7.80. The Kier molecular flexibility index (Phi) is 5.04. The smallest absolute Gasteiger partial charge is 0.171 e. The molecule has 0 aliphatic rings. The van der Waals surface area contributed by atoms with Gasteiger partial charge in [-0.15, -0.1) is 0 Å². The van der Waals surface area contributed by atoms with Crippen molar-refractivity contribution in [3.8, 4) is 0 Å². The van der Waals surface area contributed by atoms with Gasteiger partial charge in [-0.05, 0) is 50.7 Å². The molecule has 0 atom stereocenters. The van der Waals surface area contributed by atoms with E-state index in [9.17, 15) is 0 Å². The summed E-state index contributed by atoms with van der Waals surface area (Å²) < 4.78 is 0. The van der Waals surface area contributed by atoms with Crippen molar-refractivity contribution in [2.45, 2.75) is 32.7 Å². The van der Waals surface area contributed by atoms with Gasteiger partial charge in [-0.1, -0.05) is 30.1 Å². The SMILES string of the molecule is CCC(C)(C)NC(=S)Nc1ccc(Cl)cc1Cl. The fourth-order valence-corrected chi connectivity index (χ4v) is 1.98. The number of hydrogen-bond donors (Lipinski definition) is 2. The second-order valence-corrected chi connectivity index (χ2v) is 5.69. The Bertz CT molecular complexity index is 419. The van der Waals surface area contributed by atoms with E-state index < -0.39 is 0 Å². The fraction of sp³-hybridized carbons (Fsp3) is 0.417. The highest BCUT2D eigenvalue weighted by atomic mass is 35.5. The van der Waals surface area contributed by atoms with E-state index in [1.807, 2.05) is 0 Å². The predicted molar refractivity (Wildman–Crippen MR) is 80.2 cm³/mol. The number of nitrogens with one attached hydrogen (secondary N) is 2. The minimum absolute atomic E-state index is 0.0387. The van der Waals surface area contributed by atoms with Crippen molar-refractivity contribution in [1.29, 1.82) is 0 Å². The summed E-state index contributed by atoms with van der Waals surface area (Å²) in [4.78, 5) is 0. The Hall–Kier alpha value is -0.510. The summed E-state index contributed by atoms with van der Waals surface area (Å²) in [5.41, 5.74) is 0.712. The van der Waals surface area contributed by atoms with Gasteiger partial charge in [0, 0.05) is 10.6 Å². The van der Waals surface area contributed by atoms with Crippen LogP contribution in [0.2, 0.25) is 10.0 Å². The lowest BCUT2D eigenvalue weighted by Crippen LogP contribution is -2.44.